The van der Waals surface area contributed by atoms with E-state index in [-0.39, 0.29) is 11.3 Å². The van der Waals surface area contributed by atoms with Crippen LogP contribution in [0.5, 0.6) is 0 Å². The second kappa shape index (κ2) is 6.84. The average molecular weight is 305 g/mol. The van der Waals surface area contributed by atoms with E-state index >= 15 is 0 Å². The third kappa shape index (κ3) is 4.15. The van der Waals surface area contributed by atoms with E-state index in [1.165, 1.54) is 19.1 Å². The Kier molecular flexibility index (Phi) is 4.88. The number of hydrogen-bond donors (Lipinski definition) is 1. The number of esters is 1. The van der Waals surface area contributed by atoms with Crippen LogP contribution in [0.2, 0.25) is 0 Å². The molecule has 0 unspecified atom stereocenters. The minimum Gasteiger partial charge on any atom is -0.457 e. The molecule has 1 amide bonds. The summed E-state index contributed by atoms with van der Waals surface area (Å²) < 4.78 is 20.4. The lowest BCUT2D eigenvalue weighted by molar-refractivity contribution is -0.114. The number of halogens is 1. The van der Waals surface area contributed by atoms with Gasteiger partial charge < -0.3 is 10.1 Å². The van der Waals surface area contributed by atoms with Crippen LogP contribution in [0.4, 0.5) is 10.1 Å². The number of rotatable bonds is 5. The standard InChI is InChI=1S/C15H16FN3O3/c1-10(9-19-7-3-6-17-19)22-15(21)12-4-5-13(16)14(8-12)18-11(2)20/h3-8,10H,9H2,1-2H3,(H,18,20)/t10-/m1/s1. The molecule has 0 saturated carbocycles. The Morgan fingerprint density at radius 3 is 2.86 bits per heavy atom. The molecule has 116 valence electrons. The van der Waals surface area contributed by atoms with Gasteiger partial charge in [0.05, 0.1) is 17.8 Å². The highest BCUT2D eigenvalue weighted by Crippen LogP contribution is 2.17. The van der Waals surface area contributed by atoms with Crippen molar-refractivity contribution >= 4 is 17.6 Å². The first-order valence-electron chi connectivity index (χ1n) is 6.71. The first-order chi connectivity index (χ1) is 10.5. The van der Waals surface area contributed by atoms with Crippen molar-refractivity contribution in [2.75, 3.05) is 5.32 Å². The van der Waals surface area contributed by atoms with Crippen molar-refractivity contribution in [2.45, 2.75) is 26.5 Å². The number of anilines is 1. The van der Waals surface area contributed by atoms with E-state index in [0.717, 1.165) is 6.07 Å². The zero-order valence-electron chi connectivity index (χ0n) is 12.2. The molecule has 0 fully saturated rings. The van der Waals surface area contributed by atoms with Crippen LogP contribution in [0.25, 0.3) is 0 Å². The Morgan fingerprint density at radius 1 is 1.45 bits per heavy atom. The van der Waals surface area contributed by atoms with E-state index in [1.807, 2.05) is 0 Å². The Hall–Kier alpha value is -2.70. The molecule has 0 spiro atoms. The number of nitrogens with one attached hydrogen (secondary N) is 1. The molecule has 1 aromatic carbocycles. The summed E-state index contributed by atoms with van der Waals surface area (Å²) in [5, 5.41) is 6.35. The van der Waals surface area contributed by atoms with Crippen molar-refractivity contribution in [3.8, 4) is 0 Å². The molecule has 1 atom stereocenters. The molecule has 22 heavy (non-hydrogen) atoms. The van der Waals surface area contributed by atoms with Crippen molar-refractivity contribution in [1.82, 2.24) is 9.78 Å². The van der Waals surface area contributed by atoms with Crippen LogP contribution >= 0.6 is 0 Å². The average Bonchev–Trinajstić information content (AvgIpc) is 2.93. The molecule has 0 saturated heterocycles. The number of benzene rings is 1. The molecular formula is C15H16FN3O3. The summed E-state index contributed by atoms with van der Waals surface area (Å²) in [5.41, 5.74) is 0.110. The van der Waals surface area contributed by atoms with Gasteiger partial charge in [0.25, 0.3) is 0 Å². The van der Waals surface area contributed by atoms with Gasteiger partial charge in [0.2, 0.25) is 5.91 Å². The number of carbonyl (C=O) groups is 2. The molecule has 2 aromatic rings. The predicted molar refractivity (Wildman–Crippen MR) is 77.8 cm³/mol. The number of carbonyl (C=O) groups excluding carboxylic acids is 2. The van der Waals surface area contributed by atoms with Crippen LogP contribution in [-0.4, -0.2) is 27.8 Å². The predicted octanol–water partition coefficient (Wildman–Crippen LogP) is 2.23. The summed E-state index contributed by atoms with van der Waals surface area (Å²) in [5.74, 6) is -1.63. The first-order valence-corrected chi connectivity index (χ1v) is 6.71. The monoisotopic (exact) mass is 305 g/mol. The Morgan fingerprint density at radius 2 is 2.23 bits per heavy atom. The highest BCUT2D eigenvalue weighted by molar-refractivity contribution is 5.93. The second-order valence-electron chi connectivity index (χ2n) is 4.82. The molecular weight excluding hydrogens is 289 g/mol. The summed E-state index contributed by atoms with van der Waals surface area (Å²) >= 11 is 0. The lowest BCUT2D eigenvalue weighted by Gasteiger charge is -2.14. The maximum Gasteiger partial charge on any atom is 0.338 e. The number of aromatic nitrogens is 2. The SMILES string of the molecule is CC(=O)Nc1cc(C(=O)O[C@H](C)Cn2cccn2)ccc1F. The van der Waals surface area contributed by atoms with E-state index in [4.69, 9.17) is 4.74 Å². The van der Waals surface area contributed by atoms with Crippen molar-refractivity contribution in [1.29, 1.82) is 0 Å². The van der Waals surface area contributed by atoms with Crippen LogP contribution in [0.3, 0.4) is 0 Å². The fourth-order valence-electron chi connectivity index (χ4n) is 1.90. The Balaban J connectivity index is 2.04. The van der Waals surface area contributed by atoms with Crippen molar-refractivity contribution in [3.63, 3.8) is 0 Å². The first kappa shape index (κ1) is 15.7. The zero-order chi connectivity index (χ0) is 16.1. The van der Waals surface area contributed by atoms with Gasteiger partial charge >= 0.3 is 5.97 Å². The van der Waals surface area contributed by atoms with Crippen molar-refractivity contribution in [3.05, 3.63) is 48.0 Å². The molecule has 6 nitrogen and oxygen atoms in total. The van der Waals surface area contributed by atoms with Crippen molar-refractivity contribution in [2.24, 2.45) is 0 Å². The molecule has 1 N–H and O–H groups in total. The maximum absolute atomic E-state index is 13.5. The number of nitrogens with zero attached hydrogens (tertiary/aromatic N) is 2. The van der Waals surface area contributed by atoms with Crippen LogP contribution in [0.15, 0.2) is 36.7 Å². The number of ether oxygens (including phenoxy) is 1. The molecule has 0 aliphatic heterocycles. The lowest BCUT2D eigenvalue weighted by Crippen LogP contribution is -2.21. The fraction of sp³-hybridized carbons (Fsp3) is 0.267. The molecule has 1 aromatic heterocycles. The van der Waals surface area contributed by atoms with Crippen molar-refractivity contribution < 1.29 is 18.7 Å². The van der Waals surface area contributed by atoms with Gasteiger partial charge in [-0.2, -0.15) is 5.10 Å². The van der Waals surface area contributed by atoms with Gasteiger partial charge in [-0.25, -0.2) is 9.18 Å². The lowest BCUT2D eigenvalue weighted by atomic mass is 10.2. The smallest absolute Gasteiger partial charge is 0.338 e. The highest BCUT2D eigenvalue weighted by atomic mass is 19.1. The van der Waals surface area contributed by atoms with E-state index in [2.05, 4.69) is 10.4 Å². The maximum atomic E-state index is 13.5. The normalized spacial score (nSPS) is 11.8. The van der Waals surface area contributed by atoms with Gasteiger partial charge in [0, 0.05) is 19.3 Å². The largest absolute Gasteiger partial charge is 0.457 e. The Labute approximate surface area is 126 Å². The molecule has 2 rings (SSSR count). The molecule has 0 bridgehead atoms. The molecule has 1 heterocycles. The van der Waals surface area contributed by atoms with Gasteiger partial charge in [-0.3, -0.25) is 9.48 Å². The topological polar surface area (TPSA) is 73.2 Å². The number of amides is 1. The summed E-state index contributed by atoms with van der Waals surface area (Å²) in [4.78, 5) is 23.0. The summed E-state index contributed by atoms with van der Waals surface area (Å²) in [6, 6.07) is 5.44. The summed E-state index contributed by atoms with van der Waals surface area (Å²) in [7, 11) is 0. The third-order valence-electron chi connectivity index (χ3n) is 2.82. The van der Waals surface area contributed by atoms with Crippen LogP contribution < -0.4 is 5.32 Å². The zero-order valence-corrected chi connectivity index (χ0v) is 12.2. The number of hydrogen-bond acceptors (Lipinski definition) is 4. The van der Waals surface area contributed by atoms with E-state index in [1.54, 1.807) is 30.1 Å². The van der Waals surface area contributed by atoms with Gasteiger partial charge in [-0.1, -0.05) is 0 Å². The van der Waals surface area contributed by atoms with Crippen LogP contribution in [0, 0.1) is 5.82 Å². The summed E-state index contributed by atoms with van der Waals surface area (Å²) in [6.07, 6.45) is 2.99. The van der Waals surface area contributed by atoms with E-state index in [0.29, 0.717) is 6.54 Å². The molecule has 0 aliphatic carbocycles. The van der Waals surface area contributed by atoms with Gasteiger partial charge in [-0.05, 0) is 31.2 Å². The van der Waals surface area contributed by atoms with Gasteiger partial charge in [-0.15, -0.1) is 0 Å². The van der Waals surface area contributed by atoms with Crippen LogP contribution in [-0.2, 0) is 16.1 Å². The van der Waals surface area contributed by atoms with Crippen LogP contribution in [0.1, 0.15) is 24.2 Å². The molecule has 0 aliphatic rings. The minimum atomic E-state index is -0.615. The third-order valence-corrected chi connectivity index (χ3v) is 2.82. The Bertz CT molecular complexity index is 671. The van der Waals surface area contributed by atoms with E-state index < -0.39 is 23.8 Å². The summed E-state index contributed by atoms with van der Waals surface area (Å²) in [6.45, 7) is 3.41. The molecule has 0 radical (unpaired) electrons. The molecule has 7 heteroatoms. The minimum absolute atomic E-state index is 0.0540. The highest BCUT2D eigenvalue weighted by Gasteiger charge is 2.15. The quantitative estimate of drug-likeness (QED) is 0.860. The second-order valence-corrected chi connectivity index (χ2v) is 4.82. The van der Waals surface area contributed by atoms with Gasteiger partial charge in [0.1, 0.15) is 11.9 Å². The van der Waals surface area contributed by atoms with Gasteiger partial charge in [0.15, 0.2) is 0 Å². The fourth-order valence-corrected chi connectivity index (χ4v) is 1.90. The van der Waals surface area contributed by atoms with E-state index in [9.17, 15) is 14.0 Å².